The number of nitrogens with zero attached hydrogens (tertiary/aromatic N) is 2. The molecular weight excluding hydrogens is 370 g/mol. The Balaban J connectivity index is 1.68. The van der Waals surface area contributed by atoms with E-state index in [0.29, 0.717) is 31.1 Å². The van der Waals surface area contributed by atoms with Gasteiger partial charge in [0.2, 0.25) is 11.8 Å². The summed E-state index contributed by atoms with van der Waals surface area (Å²) in [4.78, 5) is 40.2. The van der Waals surface area contributed by atoms with Crippen molar-refractivity contribution < 1.29 is 19.1 Å². The van der Waals surface area contributed by atoms with E-state index in [1.54, 1.807) is 35.9 Å². The first-order valence-corrected chi connectivity index (χ1v) is 9.51. The van der Waals surface area contributed by atoms with Crippen LogP contribution in [0.25, 0.3) is 0 Å². The van der Waals surface area contributed by atoms with Crippen LogP contribution in [0.1, 0.15) is 31.4 Å². The number of halogens is 1. The van der Waals surface area contributed by atoms with Crippen LogP contribution in [0.3, 0.4) is 0 Å². The summed E-state index contributed by atoms with van der Waals surface area (Å²) in [7, 11) is 1.71. The molecule has 0 spiro atoms. The molecule has 0 aromatic heterocycles. The van der Waals surface area contributed by atoms with Crippen molar-refractivity contribution in [2.45, 2.75) is 31.8 Å². The van der Waals surface area contributed by atoms with Gasteiger partial charge in [-0.15, -0.1) is 0 Å². The number of carbonyl (C=O) groups is 3. The number of ether oxygens (including phenoxy) is 1. The fraction of sp³-hybridized carbons (Fsp3) is 0.526. The Kier molecular flexibility index (Phi) is 5.89. The van der Waals surface area contributed by atoms with Crippen LogP contribution in [0, 0.1) is 5.92 Å². The number of amides is 3. The number of rotatable bonds is 4. The SMILES string of the molecule is CCOC(=O)N1CC[C@H](NC(=O)[C@@H]2CC(=O)N(C)[C@@H]2c2cccc(Cl)c2)C1. The van der Waals surface area contributed by atoms with Gasteiger partial charge in [0.1, 0.15) is 0 Å². The van der Waals surface area contributed by atoms with Gasteiger partial charge in [-0.1, -0.05) is 23.7 Å². The summed E-state index contributed by atoms with van der Waals surface area (Å²) in [5, 5.41) is 3.57. The maximum Gasteiger partial charge on any atom is 0.409 e. The van der Waals surface area contributed by atoms with Gasteiger partial charge >= 0.3 is 6.09 Å². The summed E-state index contributed by atoms with van der Waals surface area (Å²) < 4.78 is 5.00. The zero-order valence-corrected chi connectivity index (χ0v) is 16.2. The minimum absolute atomic E-state index is 0.0697. The summed E-state index contributed by atoms with van der Waals surface area (Å²) in [6.07, 6.45) is 0.471. The molecule has 7 nitrogen and oxygen atoms in total. The number of likely N-dealkylation sites (tertiary alicyclic amines) is 2. The van der Waals surface area contributed by atoms with Crippen LogP contribution < -0.4 is 5.32 Å². The Morgan fingerprint density at radius 1 is 1.37 bits per heavy atom. The number of nitrogens with one attached hydrogen (secondary N) is 1. The average molecular weight is 394 g/mol. The number of benzene rings is 1. The molecule has 0 aliphatic carbocycles. The fourth-order valence-electron chi connectivity index (χ4n) is 3.82. The second-order valence-corrected chi connectivity index (χ2v) is 7.39. The summed E-state index contributed by atoms with van der Waals surface area (Å²) in [6, 6.07) is 6.77. The van der Waals surface area contributed by atoms with Crippen LogP contribution in [0.4, 0.5) is 4.79 Å². The zero-order chi connectivity index (χ0) is 19.6. The van der Waals surface area contributed by atoms with E-state index in [4.69, 9.17) is 16.3 Å². The van der Waals surface area contributed by atoms with Gasteiger partial charge in [0.25, 0.3) is 0 Å². The topological polar surface area (TPSA) is 79.0 Å². The second-order valence-electron chi connectivity index (χ2n) is 6.95. The standard InChI is InChI=1S/C19H24ClN3O4/c1-3-27-19(26)23-8-7-14(11-23)21-18(25)15-10-16(24)22(2)17(15)12-5-4-6-13(20)9-12/h4-6,9,14-15,17H,3,7-8,10-11H2,1-2H3,(H,21,25)/t14-,15+,17+/m0/s1. The van der Waals surface area contributed by atoms with Crippen molar-refractivity contribution >= 4 is 29.5 Å². The van der Waals surface area contributed by atoms with Crippen LogP contribution in [0.15, 0.2) is 24.3 Å². The van der Waals surface area contributed by atoms with Gasteiger partial charge in [-0.05, 0) is 31.0 Å². The molecule has 0 saturated carbocycles. The zero-order valence-electron chi connectivity index (χ0n) is 15.5. The van der Waals surface area contributed by atoms with Crippen LogP contribution >= 0.6 is 11.6 Å². The molecule has 8 heteroatoms. The Labute approximate surface area is 163 Å². The van der Waals surface area contributed by atoms with E-state index in [1.165, 1.54) is 0 Å². The highest BCUT2D eigenvalue weighted by molar-refractivity contribution is 6.30. The summed E-state index contributed by atoms with van der Waals surface area (Å²) in [6.45, 7) is 3.05. The lowest BCUT2D eigenvalue weighted by molar-refractivity contribution is -0.128. The van der Waals surface area contributed by atoms with E-state index < -0.39 is 5.92 Å². The molecule has 2 heterocycles. The van der Waals surface area contributed by atoms with Crippen LogP contribution in [-0.4, -0.2) is 60.5 Å². The van der Waals surface area contributed by atoms with Gasteiger partial charge in [0.05, 0.1) is 18.6 Å². The second kappa shape index (κ2) is 8.17. The van der Waals surface area contributed by atoms with E-state index in [1.807, 2.05) is 12.1 Å². The fourth-order valence-corrected chi connectivity index (χ4v) is 4.02. The van der Waals surface area contributed by atoms with E-state index in [2.05, 4.69) is 5.32 Å². The van der Waals surface area contributed by atoms with Gasteiger partial charge in [0.15, 0.2) is 0 Å². The molecule has 2 fully saturated rings. The third-order valence-corrected chi connectivity index (χ3v) is 5.41. The molecule has 27 heavy (non-hydrogen) atoms. The minimum Gasteiger partial charge on any atom is -0.450 e. The van der Waals surface area contributed by atoms with Gasteiger partial charge in [0, 0.05) is 37.6 Å². The Hall–Kier alpha value is -2.28. The third kappa shape index (κ3) is 4.18. The molecule has 146 valence electrons. The van der Waals surface area contributed by atoms with Crippen LogP contribution in [0.5, 0.6) is 0 Å². The van der Waals surface area contributed by atoms with Crippen molar-refractivity contribution in [3.8, 4) is 0 Å². The first-order valence-electron chi connectivity index (χ1n) is 9.14. The smallest absolute Gasteiger partial charge is 0.409 e. The normalized spacial score (nSPS) is 25.0. The molecule has 1 N–H and O–H groups in total. The van der Waals surface area contributed by atoms with Gasteiger partial charge in [-0.2, -0.15) is 0 Å². The van der Waals surface area contributed by atoms with Crippen molar-refractivity contribution in [3.05, 3.63) is 34.9 Å². The molecule has 3 amide bonds. The molecule has 1 aromatic rings. The number of hydrogen-bond acceptors (Lipinski definition) is 4. The third-order valence-electron chi connectivity index (χ3n) is 5.17. The van der Waals surface area contributed by atoms with Gasteiger partial charge in [-0.25, -0.2) is 4.79 Å². The van der Waals surface area contributed by atoms with Crippen LogP contribution in [-0.2, 0) is 14.3 Å². The Morgan fingerprint density at radius 3 is 2.85 bits per heavy atom. The van der Waals surface area contributed by atoms with Crippen LogP contribution in [0.2, 0.25) is 5.02 Å². The predicted octanol–water partition coefficient (Wildman–Crippen LogP) is 2.21. The monoisotopic (exact) mass is 393 g/mol. The van der Waals surface area contributed by atoms with Crippen molar-refractivity contribution in [1.82, 2.24) is 15.1 Å². The molecule has 3 atom stereocenters. The molecule has 2 aliphatic rings. The molecule has 2 saturated heterocycles. The van der Waals surface area contributed by atoms with Crippen molar-refractivity contribution in [1.29, 1.82) is 0 Å². The Morgan fingerprint density at radius 2 is 2.15 bits per heavy atom. The van der Waals surface area contributed by atoms with E-state index >= 15 is 0 Å². The lowest BCUT2D eigenvalue weighted by Gasteiger charge is -2.26. The highest BCUT2D eigenvalue weighted by atomic mass is 35.5. The minimum atomic E-state index is -0.488. The predicted molar refractivity (Wildman–Crippen MR) is 100 cm³/mol. The molecular formula is C19H24ClN3O4. The molecule has 3 rings (SSSR count). The average Bonchev–Trinajstić information content (AvgIpc) is 3.20. The van der Waals surface area contributed by atoms with E-state index in [9.17, 15) is 14.4 Å². The number of carbonyl (C=O) groups excluding carboxylic acids is 3. The van der Waals surface area contributed by atoms with E-state index in [0.717, 1.165) is 5.56 Å². The first kappa shape index (κ1) is 19.5. The first-order chi connectivity index (χ1) is 12.9. The van der Waals surface area contributed by atoms with Crippen molar-refractivity contribution in [2.24, 2.45) is 5.92 Å². The lowest BCUT2D eigenvalue weighted by Crippen LogP contribution is -2.42. The largest absolute Gasteiger partial charge is 0.450 e. The maximum absolute atomic E-state index is 12.9. The molecule has 0 radical (unpaired) electrons. The molecule has 0 unspecified atom stereocenters. The van der Waals surface area contributed by atoms with Crippen molar-refractivity contribution in [2.75, 3.05) is 26.7 Å². The highest BCUT2D eigenvalue weighted by Crippen LogP contribution is 2.38. The quantitative estimate of drug-likeness (QED) is 0.850. The number of hydrogen-bond donors (Lipinski definition) is 1. The summed E-state index contributed by atoms with van der Waals surface area (Å²) >= 11 is 6.09. The van der Waals surface area contributed by atoms with Crippen molar-refractivity contribution in [3.63, 3.8) is 0 Å². The summed E-state index contributed by atoms with van der Waals surface area (Å²) in [5.41, 5.74) is 0.843. The summed E-state index contributed by atoms with van der Waals surface area (Å²) in [5.74, 6) is -0.731. The Bertz CT molecular complexity index is 741. The molecule has 1 aromatic carbocycles. The lowest BCUT2D eigenvalue weighted by atomic mass is 9.92. The molecule has 2 aliphatic heterocycles. The molecule has 0 bridgehead atoms. The van der Waals surface area contributed by atoms with Gasteiger partial charge in [-0.3, -0.25) is 9.59 Å². The van der Waals surface area contributed by atoms with Gasteiger partial charge < -0.3 is 19.9 Å². The van der Waals surface area contributed by atoms with E-state index in [-0.39, 0.29) is 36.4 Å². The maximum atomic E-state index is 12.9. The highest BCUT2D eigenvalue weighted by Gasteiger charge is 2.43.